The molecule has 1 aromatic rings. The largest absolute Gasteiger partial charge is 0.384 e. The number of rotatable bonds is 2. The first-order valence-electron chi connectivity index (χ1n) is 6.48. The van der Waals surface area contributed by atoms with Crippen LogP contribution in [-0.4, -0.2) is 52.9 Å². The number of pyridine rings is 1. The smallest absolute Gasteiger partial charge is 0.274 e. The van der Waals surface area contributed by atoms with Crippen molar-refractivity contribution in [3.63, 3.8) is 0 Å². The summed E-state index contributed by atoms with van der Waals surface area (Å²) in [5.41, 5.74) is 5.87. The predicted octanol–water partition coefficient (Wildman–Crippen LogP) is 1.48. The zero-order valence-corrected chi connectivity index (χ0v) is 12.0. The van der Waals surface area contributed by atoms with Gasteiger partial charge in [0.05, 0.1) is 5.02 Å². The number of hydrogen-bond acceptors (Lipinski definition) is 4. The van der Waals surface area contributed by atoms with E-state index in [0.717, 1.165) is 13.1 Å². The van der Waals surface area contributed by atoms with Gasteiger partial charge in [0.2, 0.25) is 0 Å². The number of hydrogen-bond donors (Lipinski definition) is 1. The molecule has 0 aliphatic carbocycles. The van der Waals surface area contributed by atoms with E-state index in [1.165, 1.54) is 0 Å². The summed E-state index contributed by atoms with van der Waals surface area (Å²) in [5, 5.41) is 0.352. The minimum Gasteiger partial charge on any atom is -0.384 e. The maximum atomic E-state index is 12.4. The molecule has 1 fully saturated rings. The lowest BCUT2D eigenvalue weighted by Gasteiger charge is -2.39. The molecule has 1 unspecified atom stereocenters. The number of amides is 1. The van der Waals surface area contributed by atoms with Gasteiger partial charge in [0, 0.05) is 25.7 Å². The highest BCUT2D eigenvalue weighted by Gasteiger charge is 2.28. The summed E-state index contributed by atoms with van der Waals surface area (Å²) in [4.78, 5) is 20.6. The van der Waals surface area contributed by atoms with Crippen LogP contribution in [0.1, 0.15) is 24.3 Å². The number of carbonyl (C=O) groups excluding carboxylic acids is 1. The van der Waals surface area contributed by atoms with Gasteiger partial charge in [0.1, 0.15) is 11.5 Å². The van der Waals surface area contributed by atoms with Crippen molar-refractivity contribution in [3.05, 3.63) is 22.8 Å². The highest BCUT2D eigenvalue weighted by atomic mass is 35.5. The van der Waals surface area contributed by atoms with Gasteiger partial charge in [-0.3, -0.25) is 9.69 Å². The summed E-state index contributed by atoms with van der Waals surface area (Å²) in [7, 11) is 0. The standard InChI is InChI=1S/C13H19ClN4O/c1-3-17-6-7-18(8-9(17)2)13(19)12-10(14)4-5-11(15)16-12/h4-5,9H,3,6-8H2,1-2H3,(H2,15,16). The van der Waals surface area contributed by atoms with Crippen molar-refractivity contribution in [3.8, 4) is 0 Å². The van der Waals surface area contributed by atoms with Gasteiger partial charge >= 0.3 is 0 Å². The average molecular weight is 283 g/mol. The van der Waals surface area contributed by atoms with E-state index in [0.29, 0.717) is 30.0 Å². The molecular weight excluding hydrogens is 264 g/mol. The Balaban J connectivity index is 2.14. The van der Waals surface area contributed by atoms with E-state index in [9.17, 15) is 4.79 Å². The molecule has 0 saturated carbocycles. The van der Waals surface area contributed by atoms with Crippen LogP contribution < -0.4 is 5.73 Å². The fourth-order valence-corrected chi connectivity index (χ4v) is 2.59. The van der Waals surface area contributed by atoms with E-state index in [2.05, 4.69) is 23.7 Å². The molecule has 1 aliphatic rings. The van der Waals surface area contributed by atoms with Crippen LogP contribution in [0, 0.1) is 0 Å². The molecule has 0 bridgehead atoms. The topological polar surface area (TPSA) is 62.5 Å². The van der Waals surface area contributed by atoms with Gasteiger partial charge in [-0.25, -0.2) is 4.98 Å². The Kier molecular flexibility index (Phi) is 4.27. The molecule has 1 saturated heterocycles. The van der Waals surface area contributed by atoms with Crippen molar-refractivity contribution >= 4 is 23.3 Å². The second kappa shape index (κ2) is 5.75. The van der Waals surface area contributed by atoms with Crippen molar-refractivity contribution in [1.29, 1.82) is 0 Å². The van der Waals surface area contributed by atoms with E-state index in [1.807, 2.05) is 0 Å². The number of nitrogens with two attached hydrogens (primary N) is 1. The molecule has 0 radical (unpaired) electrons. The van der Waals surface area contributed by atoms with E-state index >= 15 is 0 Å². The molecule has 1 aliphatic heterocycles. The molecule has 0 spiro atoms. The minimum absolute atomic E-state index is 0.139. The van der Waals surface area contributed by atoms with Gasteiger partial charge in [-0.05, 0) is 25.6 Å². The Morgan fingerprint density at radius 2 is 2.26 bits per heavy atom. The highest BCUT2D eigenvalue weighted by Crippen LogP contribution is 2.19. The van der Waals surface area contributed by atoms with Gasteiger partial charge in [-0.2, -0.15) is 0 Å². The highest BCUT2D eigenvalue weighted by molar-refractivity contribution is 6.33. The second-order valence-corrected chi connectivity index (χ2v) is 5.20. The number of piperazine rings is 1. The zero-order valence-electron chi connectivity index (χ0n) is 11.3. The molecule has 2 rings (SSSR count). The lowest BCUT2D eigenvalue weighted by atomic mass is 10.1. The molecule has 0 aromatic carbocycles. The third kappa shape index (κ3) is 2.98. The van der Waals surface area contributed by atoms with Crippen LogP contribution >= 0.6 is 11.6 Å². The quantitative estimate of drug-likeness (QED) is 0.893. The fourth-order valence-electron chi connectivity index (χ4n) is 2.41. The number of aromatic nitrogens is 1. The fraction of sp³-hybridized carbons (Fsp3) is 0.538. The van der Waals surface area contributed by atoms with Gasteiger partial charge in [0.15, 0.2) is 0 Å². The Hall–Kier alpha value is -1.33. The summed E-state index contributed by atoms with van der Waals surface area (Å²) in [6, 6.07) is 3.56. The van der Waals surface area contributed by atoms with Crippen molar-refractivity contribution < 1.29 is 4.79 Å². The SMILES string of the molecule is CCN1CCN(C(=O)c2nc(N)ccc2Cl)CC1C. The van der Waals surface area contributed by atoms with Gasteiger partial charge in [-0.15, -0.1) is 0 Å². The first kappa shape index (κ1) is 14.1. The molecule has 19 heavy (non-hydrogen) atoms. The first-order chi connectivity index (χ1) is 9.02. The molecule has 6 heteroatoms. The lowest BCUT2D eigenvalue weighted by Crippen LogP contribution is -2.53. The summed E-state index contributed by atoms with van der Waals surface area (Å²) < 4.78 is 0. The third-order valence-electron chi connectivity index (χ3n) is 3.53. The van der Waals surface area contributed by atoms with Crippen molar-refractivity contribution in [1.82, 2.24) is 14.8 Å². The number of halogens is 1. The number of likely N-dealkylation sites (N-methyl/N-ethyl adjacent to an activating group) is 1. The van der Waals surface area contributed by atoms with Crippen LogP contribution in [-0.2, 0) is 0 Å². The molecule has 104 valence electrons. The minimum atomic E-state index is -0.139. The van der Waals surface area contributed by atoms with Gasteiger partial charge in [0.25, 0.3) is 5.91 Å². The molecule has 2 heterocycles. The number of nitrogen functional groups attached to an aromatic ring is 1. The van der Waals surface area contributed by atoms with Crippen molar-refractivity contribution in [2.24, 2.45) is 0 Å². The van der Waals surface area contributed by atoms with E-state index < -0.39 is 0 Å². The average Bonchev–Trinajstić information content (AvgIpc) is 2.40. The predicted molar refractivity (Wildman–Crippen MR) is 76.3 cm³/mol. The van der Waals surface area contributed by atoms with Crippen LogP contribution in [0.5, 0.6) is 0 Å². The van der Waals surface area contributed by atoms with Crippen LogP contribution in [0.25, 0.3) is 0 Å². The van der Waals surface area contributed by atoms with E-state index in [-0.39, 0.29) is 11.6 Å². The Morgan fingerprint density at radius 3 is 2.89 bits per heavy atom. The summed E-state index contributed by atoms with van der Waals surface area (Å²) in [6.45, 7) is 7.52. The van der Waals surface area contributed by atoms with Crippen LogP contribution in [0.4, 0.5) is 5.82 Å². The summed E-state index contributed by atoms with van der Waals surface area (Å²) in [6.07, 6.45) is 0. The molecule has 1 amide bonds. The number of anilines is 1. The lowest BCUT2D eigenvalue weighted by molar-refractivity contribution is 0.0523. The normalized spacial score (nSPS) is 20.6. The van der Waals surface area contributed by atoms with Crippen LogP contribution in [0.2, 0.25) is 5.02 Å². The first-order valence-corrected chi connectivity index (χ1v) is 6.86. The summed E-state index contributed by atoms with van der Waals surface area (Å²) in [5.74, 6) is 0.174. The van der Waals surface area contributed by atoms with Gasteiger partial charge in [-0.1, -0.05) is 18.5 Å². The molecule has 5 nitrogen and oxygen atoms in total. The maximum absolute atomic E-state index is 12.4. The van der Waals surface area contributed by atoms with Gasteiger partial charge < -0.3 is 10.6 Å². The second-order valence-electron chi connectivity index (χ2n) is 4.80. The Labute approximate surface area is 118 Å². The molecule has 1 atom stereocenters. The number of carbonyl (C=O) groups is 1. The van der Waals surface area contributed by atoms with E-state index in [4.69, 9.17) is 17.3 Å². The monoisotopic (exact) mass is 282 g/mol. The Morgan fingerprint density at radius 1 is 1.53 bits per heavy atom. The Bertz CT molecular complexity index is 480. The van der Waals surface area contributed by atoms with Crippen molar-refractivity contribution in [2.45, 2.75) is 19.9 Å². The maximum Gasteiger partial charge on any atom is 0.274 e. The molecule has 1 aromatic heterocycles. The van der Waals surface area contributed by atoms with Crippen LogP contribution in [0.15, 0.2) is 12.1 Å². The third-order valence-corrected chi connectivity index (χ3v) is 3.83. The van der Waals surface area contributed by atoms with Crippen molar-refractivity contribution in [2.75, 3.05) is 31.9 Å². The molecule has 2 N–H and O–H groups in total. The van der Waals surface area contributed by atoms with Crippen LogP contribution in [0.3, 0.4) is 0 Å². The summed E-state index contributed by atoms with van der Waals surface area (Å²) >= 11 is 6.03. The molecular formula is C13H19ClN4O. The zero-order chi connectivity index (χ0) is 14.0. The van der Waals surface area contributed by atoms with E-state index in [1.54, 1.807) is 17.0 Å². The number of nitrogens with zero attached hydrogens (tertiary/aromatic N) is 3.